The van der Waals surface area contributed by atoms with Gasteiger partial charge in [0.2, 0.25) is 11.8 Å². The minimum atomic E-state index is 0. The number of guanidine groups is 1. The van der Waals surface area contributed by atoms with Crippen LogP contribution in [0.15, 0.2) is 15.7 Å². The van der Waals surface area contributed by atoms with Gasteiger partial charge in [-0.1, -0.05) is 6.92 Å². The first kappa shape index (κ1) is 21.2. The lowest BCUT2D eigenvalue weighted by Gasteiger charge is -2.36. The fourth-order valence-corrected chi connectivity index (χ4v) is 2.75. The van der Waals surface area contributed by atoms with E-state index in [1.54, 1.807) is 13.3 Å². The molecule has 7 nitrogen and oxygen atoms in total. The summed E-state index contributed by atoms with van der Waals surface area (Å²) in [5, 5.41) is 3.37. The molecule has 2 rings (SSSR count). The van der Waals surface area contributed by atoms with Gasteiger partial charge in [0.25, 0.3) is 0 Å². The number of nitrogens with zero attached hydrogens (tertiary/aromatic N) is 5. The first-order chi connectivity index (χ1) is 11.2. The molecule has 1 fully saturated rings. The third-order valence-electron chi connectivity index (χ3n) is 3.57. The molecule has 24 heavy (non-hydrogen) atoms. The molecular formula is C15H26BrIN6O. The van der Waals surface area contributed by atoms with Crippen molar-refractivity contribution in [2.24, 2.45) is 4.99 Å². The van der Waals surface area contributed by atoms with Crippen molar-refractivity contribution in [3.05, 3.63) is 10.7 Å². The Morgan fingerprint density at radius 1 is 1.33 bits per heavy atom. The maximum atomic E-state index is 5.25. The van der Waals surface area contributed by atoms with E-state index in [0.717, 1.165) is 56.1 Å². The molecule has 0 atom stereocenters. The first-order valence-corrected chi connectivity index (χ1v) is 8.83. The number of ether oxygens (including phenoxy) is 1. The van der Waals surface area contributed by atoms with Gasteiger partial charge in [-0.2, -0.15) is 4.98 Å². The third-order valence-corrected chi connectivity index (χ3v) is 4.12. The fourth-order valence-electron chi connectivity index (χ4n) is 2.40. The van der Waals surface area contributed by atoms with Crippen molar-refractivity contribution in [3.8, 4) is 5.88 Å². The summed E-state index contributed by atoms with van der Waals surface area (Å²) in [6.45, 7) is 9.51. The number of hydrogen-bond donors (Lipinski definition) is 1. The average Bonchev–Trinajstić information content (AvgIpc) is 2.59. The first-order valence-electron chi connectivity index (χ1n) is 8.04. The largest absolute Gasteiger partial charge is 0.480 e. The molecule has 9 heteroatoms. The molecule has 136 valence electrons. The Kier molecular flexibility index (Phi) is 9.64. The molecule has 0 spiro atoms. The van der Waals surface area contributed by atoms with Gasteiger partial charge in [-0.25, -0.2) is 4.98 Å². The Bertz CT molecular complexity index is 537. The Labute approximate surface area is 169 Å². The Morgan fingerprint density at radius 3 is 2.62 bits per heavy atom. The van der Waals surface area contributed by atoms with Gasteiger partial charge in [0.05, 0.1) is 17.8 Å². The SMILES string of the molecule is CCCN=C(NCC)N1CCN(c2ncc(Br)c(OC)n2)CC1.I. The van der Waals surface area contributed by atoms with Crippen molar-refractivity contribution < 1.29 is 4.74 Å². The van der Waals surface area contributed by atoms with Gasteiger partial charge in [-0.05, 0) is 29.3 Å². The summed E-state index contributed by atoms with van der Waals surface area (Å²) in [7, 11) is 1.61. The van der Waals surface area contributed by atoms with E-state index in [4.69, 9.17) is 4.74 Å². The summed E-state index contributed by atoms with van der Waals surface area (Å²) in [6, 6.07) is 0. The number of piperazine rings is 1. The molecule has 1 aromatic heterocycles. The van der Waals surface area contributed by atoms with Crippen molar-refractivity contribution in [1.82, 2.24) is 20.2 Å². The monoisotopic (exact) mass is 512 g/mol. The zero-order chi connectivity index (χ0) is 16.7. The van der Waals surface area contributed by atoms with Crippen LogP contribution in [0.2, 0.25) is 0 Å². The van der Waals surface area contributed by atoms with E-state index in [1.807, 2.05) is 0 Å². The normalized spacial score (nSPS) is 15.1. The molecule has 1 N–H and O–H groups in total. The molecule has 0 saturated carbocycles. The minimum Gasteiger partial charge on any atom is -0.480 e. The highest BCUT2D eigenvalue weighted by atomic mass is 127. The van der Waals surface area contributed by atoms with E-state index >= 15 is 0 Å². The second kappa shape index (κ2) is 10.9. The van der Waals surface area contributed by atoms with Gasteiger partial charge < -0.3 is 19.9 Å². The number of anilines is 1. The average molecular weight is 513 g/mol. The predicted octanol–water partition coefficient (Wildman–Crippen LogP) is 2.36. The Balaban J connectivity index is 0.00000288. The smallest absolute Gasteiger partial charge is 0.232 e. The van der Waals surface area contributed by atoms with Crippen LogP contribution < -0.4 is 15.0 Å². The van der Waals surface area contributed by atoms with E-state index in [0.29, 0.717) is 11.8 Å². The summed E-state index contributed by atoms with van der Waals surface area (Å²) >= 11 is 3.38. The van der Waals surface area contributed by atoms with Crippen LogP contribution in [-0.2, 0) is 0 Å². The molecule has 0 bridgehead atoms. The Hall–Kier alpha value is -0.840. The van der Waals surface area contributed by atoms with Gasteiger partial charge >= 0.3 is 0 Å². The van der Waals surface area contributed by atoms with Crippen LogP contribution in [0.5, 0.6) is 5.88 Å². The van der Waals surface area contributed by atoms with E-state index in [-0.39, 0.29) is 24.0 Å². The summed E-state index contributed by atoms with van der Waals surface area (Å²) in [4.78, 5) is 18.0. The highest BCUT2D eigenvalue weighted by Crippen LogP contribution is 2.23. The summed E-state index contributed by atoms with van der Waals surface area (Å²) in [5.74, 6) is 2.28. The highest BCUT2D eigenvalue weighted by Gasteiger charge is 2.22. The van der Waals surface area contributed by atoms with Crippen LogP contribution in [0.3, 0.4) is 0 Å². The van der Waals surface area contributed by atoms with E-state index in [2.05, 4.69) is 59.9 Å². The summed E-state index contributed by atoms with van der Waals surface area (Å²) in [6.07, 6.45) is 2.79. The minimum absolute atomic E-state index is 0. The third kappa shape index (κ3) is 5.61. The molecule has 0 unspecified atom stereocenters. The standard InChI is InChI=1S/C15H25BrN6O.HI/c1-4-6-18-14(17-5-2)21-7-9-22(10-8-21)15-19-11-12(16)13(20-15)23-3;/h11H,4-10H2,1-3H3,(H,17,18);1H. The molecule has 1 aliphatic rings. The Morgan fingerprint density at radius 2 is 2.04 bits per heavy atom. The summed E-state index contributed by atoms with van der Waals surface area (Å²) < 4.78 is 6.02. The molecule has 2 heterocycles. The van der Waals surface area contributed by atoms with Crippen molar-refractivity contribution in [1.29, 1.82) is 0 Å². The van der Waals surface area contributed by atoms with Crippen LogP contribution >= 0.6 is 39.9 Å². The number of aliphatic imine (C=N–C) groups is 1. The molecule has 0 aromatic carbocycles. The van der Waals surface area contributed by atoms with Gasteiger partial charge in [0.15, 0.2) is 5.96 Å². The lowest BCUT2D eigenvalue weighted by Crippen LogP contribution is -2.53. The molecule has 1 aliphatic heterocycles. The maximum absolute atomic E-state index is 5.25. The van der Waals surface area contributed by atoms with Crippen molar-refractivity contribution in [3.63, 3.8) is 0 Å². The lowest BCUT2D eigenvalue weighted by molar-refractivity contribution is 0.366. The second-order valence-corrected chi connectivity index (χ2v) is 6.09. The molecule has 0 radical (unpaired) electrons. The number of hydrogen-bond acceptors (Lipinski definition) is 5. The number of halogens is 2. The van der Waals surface area contributed by atoms with Crippen LogP contribution in [0.25, 0.3) is 0 Å². The van der Waals surface area contributed by atoms with Crippen molar-refractivity contribution in [2.45, 2.75) is 20.3 Å². The van der Waals surface area contributed by atoms with E-state index < -0.39 is 0 Å². The predicted molar refractivity (Wildman–Crippen MR) is 112 cm³/mol. The van der Waals surface area contributed by atoms with Crippen LogP contribution in [0.4, 0.5) is 5.95 Å². The zero-order valence-electron chi connectivity index (χ0n) is 14.5. The molecule has 1 aromatic rings. The topological polar surface area (TPSA) is 65.9 Å². The molecule has 0 aliphatic carbocycles. The number of rotatable bonds is 5. The highest BCUT2D eigenvalue weighted by molar-refractivity contribution is 14.0. The van der Waals surface area contributed by atoms with Gasteiger partial charge in [-0.3, -0.25) is 4.99 Å². The number of nitrogens with one attached hydrogen (secondary N) is 1. The van der Waals surface area contributed by atoms with E-state index in [9.17, 15) is 0 Å². The zero-order valence-corrected chi connectivity index (χ0v) is 18.4. The van der Waals surface area contributed by atoms with Crippen molar-refractivity contribution in [2.75, 3.05) is 51.3 Å². The van der Waals surface area contributed by atoms with Gasteiger partial charge in [-0.15, -0.1) is 24.0 Å². The van der Waals surface area contributed by atoms with Crippen LogP contribution in [-0.4, -0.2) is 67.2 Å². The van der Waals surface area contributed by atoms with Crippen LogP contribution in [0.1, 0.15) is 20.3 Å². The maximum Gasteiger partial charge on any atom is 0.232 e. The summed E-state index contributed by atoms with van der Waals surface area (Å²) in [5.41, 5.74) is 0. The number of methoxy groups -OCH3 is 1. The van der Waals surface area contributed by atoms with Gasteiger partial charge in [0, 0.05) is 39.3 Å². The van der Waals surface area contributed by atoms with E-state index in [1.165, 1.54) is 0 Å². The lowest BCUT2D eigenvalue weighted by atomic mass is 10.3. The molecule has 1 saturated heterocycles. The second-order valence-electron chi connectivity index (χ2n) is 5.24. The number of aromatic nitrogens is 2. The van der Waals surface area contributed by atoms with Crippen LogP contribution in [0, 0.1) is 0 Å². The molecular weight excluding hydrogens is 487 g/mol. The van der Waals surface area contributed by atoms with Gasteiger partial charge in [0.1, 0.15) is 0 Å². The van der Waals surface area contributed by atoms with Crippen molar-refractivity contribution >= 4 is 51.8 Å². The quantitative estimate of drug-likeness (QED) is 0.371. The fraction of sp³-hybridized carbons (Fsp3) is 0.667. The molecule has 0 amide bonds.